The van der Waals surface area contributed by atoms with Crippen LogP contribution >= 0.6 is 34.5 Å². The van der Waals surface area contributed by atoms with Gasteiger partial charge in [0.15, 0.2) is 9.84 Å². The van der Waals surface area contributed by atoms with Crippen LogP contribution in [0.4, 0.5) is 5.82 Å². The monoisotopic (exact) mass is 573 g/mol. The molecule has 0 amide bonds. The van der Waals surface area contributed by atoms with Crippen LogP contribution in [0.3, 0.4) is 0 Å². The summed E-state index contributed by atoms with van der Waals surface area (Å²) in [4.78, 5) is 5.03. The number of hydrogen-bond donors (Lipinski definition) is 0. The van der Waals surface area contributed by atoms with E-state index in [0.717, 1.165) is 74.3 Å². The van der Waals surface area contributed by atoms with E-state index in [1.54, 1.807) is 17.6 Å². The van der Waals surface area contributed by atoms with Gasteiger partial charge in [-0.25, -0.2) is 8.42 Å². The summed E-state index contributed by atoms with van der Waals surface area (Å²) < 4.78 is 33.7. The van der Waals surface area contributed by atoms with Gasteiger partial charge in [-0.1, -0.05) is 36.6 Å². The number of rotatable bonds is 7. The van der Waals surface area contributed by atoms with Crippen molar-refractivity contribution >= 4 is 70.3 Å². The van der Waals surface area contributed by atoms with Gasteiger partial charge in [0.25, 0.3) is 0 Å². The first-order chi connectivity index (χ1) is 17.9. The molecule has 0 bridgehead atoms. The smallest absolute Gasteiger partial charge is 0.188 e. The largest absolute Gasteiger partial charge is 0.353 e. The minimum Gasteiger partial charge on any atom is -0.353 e. The van der Waals surface area contributed by atoms with Crippen LogP contribution in [0, 0.1) is 11.8 Å². The molecule has 2 aromatic carbocycles. The first kappa shape index (κ1) is 25.6. The second-order valence-electron chi connectivity index (χ2n) is 10.5. The van der Waals surface area contributed by atoms with Crippen molar-refractivity contribution in [1.29, 1.82) is 0 Å². The number of anilines is 1. The lowest BCUT2D eigenvalue weighted by atomic mass is 9.81. The second kappa shape index (κ2) is 10.8. The molecular weight excluding hydrogens is 542 g/mol. The first-order valence-corrected chi connectivity index (χ1v) is 16.8. The van der Waals surface area contributed by atoms with E-state index in [9.17, 15) is 8.42 Å². The van der Waals surface area contributed by atoms with Gasteiger partial charge in [-0.2, -0.15) is 4.37 Å². The molecule has 1 saturated carbocycles. The fourth-order valence-electron chi connectivity index (χ4n) is 5.87. The Morgan fingerprint density at radius 3 is 2.49 bits per heavy atom. The van der Waals surface area contributed by atoms with Gasteiger partial charge < -0.3 is 4.90 Å². The van der Waals surface area contributed by atoms with Crippen molar-refractivity contribution < 1.29 is 8.42 Å². The van der Waals surface area contributed by atoms with Gasteiger partial charge in [0.05, 0.1) is 10.5 Å². The molecule has 3 heterocycles. The Morgan fingerprint density at radius 1 is 0.919 bits per heavy atom. The average Bonchev–Trinajstić information content (AvgIpc) is 3.53. The molecule has 0 radical (unpaired) electrons. The molecule has 2 fully saturated rings. The van der Waals surface area contributed by atoms with Crippen molar-refractivity contribution in [2.75, 3.05) is 43.4 Å². The minimum atomic E-state index is -3.26. The SMILES string of the molecule is O=S(=O)(CC1CCC(CCN2CCN(c3nsc4ccccc34)CC2)CC1)c1cc2cc(Cl)ccc2s1. The van der Waals surface area contributed by atoms with Crippen molar-refractivity contribution in [3.8, 4) is 0 Å². The summed E-state index contributed by atoms with van der Waals surface area (Å²) in [6.45, 7) is 5.37. The van der Waals surface area contributed by atoms with Gasteiger partial charge in [-0.3, -0.25) is 4.90 Å². The normalized spacial score (nSPS) is 21.7. The molecule has 0 spiro atoms. The Hall–Kier alpha value is -1.71. The number of thiophene rings is 1. The van der Waals surface area contributed by atoms with Crippen molar-refractivity contribution in [2.24, 2.45) is 11.8 Å². The first-order valence-electron chi connectivity index (χ1n) is 13.2. The maximum Gasteiger partial charge on any atom is 0.188 e. The molecule has 0 N–H and O–H groups in total. The Bertz CT molecular complexity index is 1480. The molecule has 1 saturated heterocycles. The molecule has 4 aromatic rings. The predicted octanol–water partition coefficient (Wildman–Crippen LogP) is 6.96. The van der Waals surface area contributed by atoms with Gasteiger partial charge in [-0.15, -0.1) is 11.3 Å². The predicted molar refractivity (Wildman–Crippen MR) is 157 cm³/mol. The molecule has 9 heteroatoms. The lowest BCUT2D eigenvalue weighted by molar-refractivity contribution is 0.209. The van der Waals surface area contributed by atoms with E-state index in [1.807, 2.05) is 18.2 Å². The molecule has 2 aromatic heterocycles. The van der Waals surface area contributed by atoms with Crippen molar-refractivity contribution in [3.05, 3.63) is 53.6 Å². The van der Waals surface area contributed by atoms with E-state index in [1.165, 1.54) is 27.8 Å². The van der Waals surface area contributed by atoms with Crippen molar-refractivity contribution in [3.63, 3.8) is 0 Å². The van der Waals surface area contributed by atoms with E-state index in [4.69, 9.17) is 16.0 Å². The van der Waals surface area contributed by atoms with Gasteiger partial charge in [-0.05, 0) is 91.0 Å². The standard InChI is InChI=1S/C28H32ClN3O2S3/c29-23-9-10-25-22(17-23)18-27(35-25)37(33,34)19-21-7-5-20(6-8-21)11-12-31-13-15-32(16-14-31)28-24-3-1-2-4-26(24)36-30-28/h1-4,9-10,17-18,20-21H,5-8,11-16,19H2. The summed E-state index contributed by atoms with van der Waals surface area (Å²) >= 11 is 9.04. The van der Waals surface area contributed by atoms with Crippen LogP contribution in [0.5, 0.6) is 0 Å². The summed E-state index contributed by atoms with van der Waals surface area (Å²) in [7, 11) is -3.26. The molecule has 6 rings (SSSR count). The third-order valence-electron chi connectivity index (χ3n) is 8.07. The van der Waals surface area contributed by atoms with Crippen LogP contribution in [-0.4, -0.2) is 56.2 Å². The number of halogens is 1. The molecule has 0 unspecified atom stereocenters. The summed E-state index contributed by atoms with van der Waals surface area (Å²) in [6, 6.07) is 15.9. The molecule has 196 valence electrons. The number of fused-ring (bicyclic) bond motifs is 2. The number of piperazine rings is 1. The fourth-order valence-corrected chi connectivity index (χ4v) is 10.0. The van der Waals surface area contributed by atoms with E-state index in [-0.39, 0.29) is 11.7 Å². The molecule has 37 heavy (non-hydrogen) atoms. The highest BCUT2D eigenvalue weighted by atomic mass is 35.5. The highest BCUT2D eigenvalue weighted by Gasteiger charge is 2.28. The van der Waals surface area contributed by atoms with Crippen LogP contribution in [-0.2, 0) is 9.84 Å². The van der Waals surface area contributed by atoms with Crippen LogP contribution in [0.1, 0.15) is 32.1 Å². The Morgan fingerprint density at radius 2 is 1.68 bits per heavy atom. The van der Waals surface area contributed by atoms with Crippen LogP contribution in [0.25, 0.3) is 20.2 Å². The highest BCUT2D eigenvalue weighted by Crippen LogP contribution is 2.36. The number of sulfone groups is 1. The van der Waals surface area contributed by atoms with Gasteiger partial charge in [0.2, 0.25) is 0 Å². The third-order valence-corrected chi connectivity index (χ3v) is 12.7. The number of hydrogen-bond acceptors (Lipinski definition) is 7. The fraction of sp³-hybridized carbons (Fsp3) is 0.464. The van der Waals surface area contributed by atoms with E-state index in [2.05, 4.69) is 34.1 Å². The summed E-state index contributed by atoms with van der Waals surface area (Å²) in [6.07, 6.45) is 5.55. The number of nitrogens with zero attached hydrogens (tertiary/aromatic N) is 3. The van der Waals surface area contributed by atoms with Crippen molar-refractivity contribution in [2.45, 2.75) is 36.3 Å². The molecule has 2 aliphatic rings. The highest BCUT2D eigenvalue weighted by molar-refractivity contribution is 7.93. The van der Waals surface area contributed by atoms with Gasteiger partial charge in [0, 0.05) is 41.3 Å². The Balaban J connectivity index is 0.955. The maximum absolute atomic E-state index is 13.1. The maximum atomic E-state index is 13.1. The van der Waals surface area contributed by atoms with E-state index < -0.39 is 9.84 Å². The van der Waals surface area contributed by atoms with Crippen LogP contribution in [0.2, 0.25) is 5.02 Å². The summed E-state index contributed by atoms with van der Waals surface area (Å²) in [5.74, 6) is 2.40. The minimum absolute atomic E-state index is 0.270. The van der Waals surface area contributed by atoms with Crippen LogP contribution in [0.15, 0.2) is 52.7 Å². The summed E-state index contributed by atoms with van der Waals surface area (Å²) in [5.41, 5.74) is 0. The number of aromatic nitrogens is 1. The molecule has 1 aliphatic heterocycles. The molecular formula is C28H32ClN3O2S3. The van der Waals surface area contributed by atoms with Gasteiger partial charge >= 0.3 is 0 Å². The zero-order valence-electron chi connectivity index (χ0n) is 20.8. The summed E-state index contributed by atoms with van der Waals surface area (Å²) in [5, 5.41) is 2.83. The second-order valence-corrected chi connectivity index (χ2v) is 15.1. The lowest BCUT2D eigenvalue weighted by Crippen LogP contribution is -2.47. The quantitative estimate of drug-likeness (QED) is 0.239. The third kappa shape index (κ3) is 5.69. The average molecular weight is 574 g/mol. The molecule has 1 aliphatic carbocycles. The Kier molecular flexibility index (Phi) is 7.47. The zero-order valence-corrected chi connectivity index (χ0v) is 24.0. The Labute approximate surface area is 232 Å². The topological polar surface area (TPSA) is 53.5 Å². The van der Waals surface area contributed by atoms with Crippen LogP contribution < -0.4 is 4.90 Å². The molecule has 0 atom stereocenters. The lowest BCUT2D eigenvalue weighted by Gasteiger charge is -2.36. The molecule has 5 nitrogen and oxygen atoms in total. The van der Waals surface area contributed by atoms with Crippen molar-refractivity contribution in [1.82, 2.24) is 9.27 Å². The van der Waals surface area contributed by atoms with E-state index in [0.29, 0.717) is 15.1 Å². The zero-order chi connectivity index (χ0) is 25.4. The van der Waals surface area contributed by atoms with E-state index >= 15 is 0 Å². The number of benzene rings is 2. The van der Waals surface area contributed by atoms with Gasteiger partial charge in [0.1, 0.15) is 10.0 Å².